The third-order valence-corrected chi connectivity index (χ3v) is 7.93. The zero-order chi connectivity index (χ0) is 23.7. The molecule has 1 saturated heterocycles. The van der Waals surface area contributed by atoms with E-state index in [1.807, 2.05) is 12.1 Å². The largest absolute Gasteiger partial charge is 0.310 e. The summed E-state index contributed by atoms with van der Waals surface area (Å²) in [6.07, 6.45) is 4.57. The second-order valence-corrected chi connectivity index (χ2v) is 10.2. The van der Waals surface area contributed by atoms with Crippen LogP contribution >= 0.6 is 48.2 Å². The fraction of sp³-hybridized carbons (Fsp3) is 0.417. The number of pyridine rings is 3. The molecule has 3 aromatic rings. The molecule has 5 rings (SSSR count). The van der Waals surface area contributed by atoms with Gasteiger partial charge in [-0.2, -0.15) is 0 Å². The lowest BCUT2D eigenvalue weighted by atomic mass is 10.0. The second-order valence-electron chi connectivity index (χ2n) is 8.78. The summed E-state index contributed by atoms with van der Waals surface area (Å²) in [5.41, 5.74) is 3.48. The van der Waals surface area contributed by atoms with Gasteiger partial charge in [-0.3, -0.25) is 14.6 Å². The van der Waals surface area contributed by atoms with E-state index in [1.165, 1.54) is 11.8 Å². The number of aryl methyl sites for hydroxylation is 1. The molecule has 0 spiro atoms. The molecule has 1 fully saturated rings. The molecule has 0 aliphatic carbocycles. The van der Waals surface area contributed by atoms with Crippen molar-refractivity contribution < 1.29 is 4.79 Å². The lowest BCUT2D eigenvalue weighted by Gasteiger charge is -2.32. The number of likely N-dealkylation sites (tertiary alicyclic amines) is 1. The van der Waals surface area contributed by atoms with Crippen LogP contribution in [0, 0.1) is 0 Å². The van der Waals surface area contributed by atoms with Gasteiger partial charge in [0.05, 0.1) is 32.4 Å². The Morgan fingerprint density at radius 1 is 1.17 bits per heavy atom. The highest BCUT2D eigenvalue weighted by molar-refractivity contribution is 8.00. The van der Waals surface area contributed by atoms with E-state index in [9.17, 15) is 9.59 Å². The van der Waals surface area contributed by atoms with Crippen LogP contribution in [0.5, 0.6) is 0 Å². The molecule has 0 atom stereocenters. The first-order valence-corrected chi connectivity index (χ1v) is 12.9. The number of piperidine rings is 1. The Balaban J connectivity index is 0.00000180. The van der Waals surface area contributed by atoms with Crippen LogP contribution in [-0.4, -0.2) is 56.8 Å². The van der Waals surface area contributed by atoms with Crippen molar-refractivity contribution >= 4 is 70.9 Å². The van der Waals surface area contributed by atoms with Gasteiger partial charge in [-0.15, -0.1) is 36.6 Å². The molecule has 3 aromatic heterocycles. The van der Waals surface area contributed by atoms with E-state index in [0.29, 0.717) is 29.2 Å². The zero-order valence-electron chi connectivity index (χ0n) is 19.8. The van der Waals surface area contributed by atoms with Crippen molar-refractivity contribution in [3.05, 3.63) is 57.1 Å². The topological polar surface area (TPSA) is 92.2 Å². The number of nitrogens with one attached hydrogen (secondary N) is 2. The minimum Gasteiger partial charge on any atom is -0.310 e. The molecule has 8 nitrogen and oxygen atoms in total. The van der Waals surface area contributed by atoms with Gasteiger partial charge in [-0.25, -0.2) is 4.98 Å². The Labute approximate surface area is 231 Å². The van der Waals surface area contributed by atoms with E-state index in [4.69, 9.17) is 11.6 Å². The second kappa shape index (κ2) is 12.6. The number of amides is 1. The number of hydrogen-bond acceptors (Lipinski definition) is 7. The van der Waals surface area contributed by atoms with Gasteiger partial charge >= 0.3 is 0 Å². The van der Waals surface area contributed by atoms with Gasteiger partial charge < -0.3 is 20.1 Å². The Bertz CT molecular complexity index is 1300. The van der Waals surface area contributed by atoms with E-state index in [-0.39, 0.29) is 36.3 Å². The summed E-state index contributed by atoms with van der Waals surface area (Å²) in [4.78, 5) is 36.2. The Kier molecular flexibility index (Phi) is 10.0. The van der Waals surface area contributed by atoms with E-state index >= 15 is 0 Å². The molecule has 36 heavy (non-hydrogen) atoms. The van der Waals surface area contributed by atoms with Crippen molar-refractivity contribution in [2.45, 2.75) is 36.7 Å². The van der Waals surface area contributed by atoms with E-state index < -0.39 is 0 Å². The maximum Gasteiger partial charge on any atom is 0.250 e. The van der Waals surface area contributed by atoms with Gasteiger partial charge in [0.2, 0.25) is 5.91 Å². The standard InChI is InChI=1S/C24H27ClN6O2S.2ClH/c1-30-22(33)5-3-19-23(30)17(18(25)13-27-19)8-11-31-9-6-15(7-10-31)26-12-16-2-4-20-24(28-16)29-21(32)14-34-20;;/h2-5,13,15,26H,6-12,14H2,1H3,(H,28,29,32);2*1H. The monoisotopic (exact) mass is 570 g/mol. The van der Waals surface area contributed by atoms with Crippen LogP contribution in [0.1, 0.15) is 24.1 Å². The van der Waals surface area contributed by atoms with E-state index in [2.05, 4.69) is 25.5 Å². The van der Waals surface area contributed by atoms with Gasteiger partial charge in [0.15, 0.2) is 0 Å². The van der Waals surface area contributed by atoms with Gasteiger partial charge in [0, 0.05) is 38.4 Å². The number of anilines is 1. The van der Waals surface area contributed by atoms with Gasteiger partial charge in [0.1, 0.15) is 5.82 Å². The average Bonchev–Trinajstić information content (AvgIpc) is 2.85. The molecule has 0 saturated carbocycles. The molecule has 2 N–H and O–H groups in total. The maximum atomic E-state index is 12.1. The van der Waals surface area contributed by atoms with Crippen LogP contribution in [0.3, 0.4) is 0 Å². The SMILES string of the molecule is Cl.Cl.Cn1c(=O)ccc2ncc(Cl)c(CCN3CCC(NCc4ccc5c(n4)NC(=O)CS5)CC3)c21. The third kappa shape index (κ3) is 6.33. The van der Waals surface area contributed by atoms with E-state index in [1.54, 1.807) is 29.9 Å². The van der Waals surface area contributed by atoms with Crippen LogP contribution in [0.2, 0.25) is 5.02 Å². The van der Waals surface area contributed by atoms with Crippen molar-refractivity contribution in [2.75, 3.05) is 30.7 Å². The summed E-state index contributed by atoms with van der Waals surface area (Å²) in [7, 11) is 1.77. The molecule has 1 amide bonds. The zero-order valence-corrected chi connectivity index (χ0v) is 23.0. The first-order chi connectivity index (χ1) is 16.5. The number of halogens is 3. The predicted molar refractivity (Wildman–Crippen MR) is 150 cm³/mol. The molecule has 0 bridgehead atoms. The summed E-state index contributed by atoms with van der Waals surface area (Å²) in [6, 6.07) is 7.81. The number of nitrogens with zero attached hydrogens (tertiary/aromatic N) is 4. The van der Waals surface area contributed by atoms with E-state index in [0.717, 1.165) is 66.1 Å². The smallest absolute Gasteiger partial charge is 0.250 e. The third-order valence-electron chi connectivity index (χ3n) is 6.55. The normalized spacial score (nSPS) is 16.1. The minimum absolute atomic E-state index is 0. The average molecular weight is 572 g/mol. The molecule has 0 aromatic carbocycles. The summed E-state index contributed by atoms with van der Waals surface area (Å²) in [5, 5.41) is 7.09. The number of thioether (sulfide) groups is 1. The van der Waals surface area contributed by atoms with Gasteiger partial charge in [0.25, 0.3) is 5.56 Å². The Morgan fingerprint density at radius 2 is 1.94 bits per heavy atom. The van der Waals surface area contributed by atoms with Crippen molar-refractivity contribution in [3.63, 3.8) is 0 Å². The number of carbonyl (C=O) groups excluding carboxylic acids is 1. The summed E-state index contributed by atoms with van der Waals surface area (Å²) in [5.74, 6) is 1.13. The highest BCUT2D eigenvalue weighted by Crippen LogP contribution is 2.29. The number of carbonyl (C=O) groups is 1. The predicted octanol–water partition coefficient (Wildman–Crippen LogP) is 3.67. The fourth-order valence-electron chi connectivity index (χ4n) is 4.62. The van der Waals surface area contributed by atoms with Gasteiger partial charge in [-0.1, -0.05) is 11.6 Å². The molecule has 5 heterocycles. The number of fused-ring (bicyclic) bond motifs is 2. The Morgan fingerprint density at radius 3 is 2.72 bits per heavy atom. The quantitative estimate of drug-likeness (QED) is 0.466. The fourth-order valence-corrected chi connectivity index (χ4v) is 5.61. The van der Waals surface area contributed by atoms with Crippen molar-refractivity contribution in [3.8, 4) is 0 Å². The van der Waals surface area contributed by atoms with Crippen LogP contribution in [-0.2, 0) is 24.8 Å². The molecule has 0 radical (unpaired) electrons. The molecular weight excluding hydrogens is 543 g/mol. The number of hydrogen-bond donors (Lipinski definition) is 2. The van der Waals surface area contributed by atoms with Crippen LogP contribution in [0.4, 0.5) is 5.82 Å². The first kappa shape index (κ1) is 28.7. The highest BCUT2D eigenvalue weighted by atomic mass is 35.5. The molecular formula is C24H29Cl3N6O2S. The molecule has 194 valence electrons. The van der Waals surface area contributed by atoms with Crippen LogP contribution in [0.25, 0.3) is 11.0 Å². The molecule has 0 unspecified atom stereocenters. The minimum atomic E-state index is -0.0562. The molecule has 2 aliphatic heterocycles. The van der Waals surface area contributed by atoms with Crippen molar-refractivity contribution in [2.24, 2.45) is 7.05 Å². The van der Waals surface area contributed by atoms with Crippen molar-refractivity contribution in [1.82, 2.24) is 24.8 Å². The number of rotatable bonds is 6. The summed E-state index contributed by atoms with van der Waals surface area (Å²) in [6.45, 7) is 3.58. The van der Waals surface area contributed by atoms with Crippen LogP contribution in [0.15, 0.2) is 40.2 Å². The summed E-state index contributed by atoms with van der Waals surface area (Å²) >= 11 is 8.01. The highest BCUT2D eigenvalue weighted by Gasteiger charge is 2.21. The first-order valence-electron chi connectivity index (χ1n) is 11.5. The number of aromatic nitrogens is 3. The summed E-state index contributed by atoms with van der Waals surface area (Å²) < 4.78 is 1.64. The maximum absolute atomic E-state index is 12.1. The lowest BCUT2D eigenvalue weighted by Crippen LogP contribution is -2.43. The lowest BCUT2D eigenvalue weighted by molar-refractivity contribution is -0.113. The van der Waals surface area contributed by atoms with Crippen molar-refractivity contribution in [1.29, 1.82) is 0 Å². The molecule has 2 aliphatic rings. The Hall–Kier alpha value is -1.88. The van der Waals surface area contributed by atoms with Crippen LogP contribution < -0.4 is 16.2 Å². The van der Waals surface area contributed by atoms with Gasteiger partial charge in [-0.05, 0) is 56.1 Å². The molecule has 12 heteroatoms.